The number of methoxy groups -OCH3 is 2. The number of hydrogen-bond donors (Lipinski definition) is 1. The second-order valence-corrected chi connectivity index (χ2v) is 6.14. The number of hydrogen-bond acceptors (Lipinski definition) is 3. The molecule has 0 amide bonds. The summed E-state index contributed by atoms with van der Waals surface area (Å²) in [5.74, 6) is 1.70. The molecule has 1 aliphatic rings. The Kier molecular flexibility index (Phi) is 5.20. The molecule has 2 aromatic rings. The van der Waals surface area contributed by atoms with E-state index in [1.165, 1.54) is 0 Å². The van der Waals surface area contributed by atoms with E-state index in [2.05, 4.69) is 10.2 Å². The molecule has 0 aromatic heterocycles. The summed E-state index contributed by atoms with van der Waals surface area (Å²) in [6, 6.07) is 16.1. The molecule has 2 aromatic carbocycles. The molecule has 0 saturated carbocycles. The Balaban J connectivity index is 1.84. The van der Waals surface area contributed by atoms with E-state index in [1.807, 2.05) is 48.5 Å². The van der Waals surface area contributed by atoms with E-state index in [4.69, 9.17) is 21.7 Å². The van der Waals surface area contributed by atoms with Gasteiger partial charge in [0.2, 0.25) is 0 Å². The van der Waals surface area contributed by atoms with Gasteiger partial charge >= 0.3 is 0 Å². The Labute approximate surface area is 148 Å². The summed E-state index contributed by atoms with van der Waals surface area (Å²) in [7, 11) is 3.38. The van der Waals surface area contributed by atoms with Crippen LogP contribution < -0.4 is 14.8 Å². The molecule has 0 unspecified atom stereocenters. The van der Waals surface area contributed by atoms with Gasteiger partial charge in [0.25, 0.3) is 0 Å². The molecule has 1 N–H and O–H groups in total. The Morgan fingerprint density at radius 1 is 1.12 bits per heavy atom. The largest absolute Gasteiger partial charge is 0.497 e. The first kappa shape index (κ1) is 16.6. The summed E-state index contributed by atoms with van der Waals surface area (Å²) in [6.45, 7) is 0.934. The highest BCUT2D eigenvalue weighted by molar-refractivity contribution is 7.80. The highest BCUT2D eigenvalue weighted by Crippen LogP contribution is 2.39. The molecule has 4 nitrogen and oxygen atoms in total. The Bertz CT molecular complexity index is 706. The van der Waals surface area contributed by atoms with Crippen molar-refractivity contribution >= 4 is 23.0 Å². The molecule has 0 radical (unpaired) electrons. The third kappa shape index (κ3) is 3.46. The molecular formula is C19H22N2O2S. The van der Waals surface area contributed by atoms with Crippen molar-refractivity contribution in [1.82, 2.24) is 4.90 Å². The maximum Gasteiger partial charge on any atom is 0.173 e. The minimum atomic E-state index is 0.193. The number of rotatable bonds is 4. The first-order valence-electron chi connectivity index (χ1n) is 8.07. The lowest BCUT2D eigenvalue weighted by molar-refractivity contribution is 0.362. The fraction of sp³-hybridized carbons (Fsp3) is 0.316. The maximum atomic E-state index is 5.66. The highest BCUT2D eigenvalue weighted by Gasteiger charge is 2.30. The molecule has 0 bridgehead atoms. The molecular weight excluding hydrogens is 320 g/mol. The monoisotopic (exact) mass is 342 g/mol. The van der Waals surface area contributed by atoms with Crippen LogP contribution >= 0.6 is 12.2 Å². The fourth-order valence-electron chi connectivity index (χ4n) is 3.15. The van der Waals surface area contributed by atoms with Crippen LogP contribution in [0.1, 0.15) is 24.4 Å². The minimum Gasteiger partial charge on any atom is -0.497 e. The first-order valence-corrected chi connectivity index (χ1v) is 8.48. The molecule has 3 rings (SSSR count). The zero-order valence-corrected chi connectivity index (χ0v) is 14.8. The number of nitrogens with one attached hydrogen (secondary N) is 1. The summed E-state index contributed by atoms with van der Waals surface area (Å²) in [5, 5.41) is 4.08. The van der Waals surface area contributed by atoms with Crippen molar-refractivity contribution < 1.29 is 9.47 Å². The second-order valence-electron chi connectivity index (χ2n) is 5.76. The van der Waals surface area contributed by atoms with Gasteiger partial charge in [0.15, 0.2) is 5.11 Å². The fourth-order valence-corrected chi connectivity index (χ4v) is 3.49. The predicted octanol–water partition coefficient (Wildman–Crippen LogP) is 4.24. The number of likely N-dealkylation sites (tertiary alicyclic amines) is 1. The summed E-state index contributed by atoms with van der Waals surface area (Å²) < 4.78 is 10.9. The number of benzene rings is 2. The summed E-state index contributed by atoms with van der Waals surface area (Å²) in [5.41, 5.74) is 2.12. The van der Waals surface area contributed by atoms with E-state index in [9.17, 15) is 0 Å². The molecule has 1 heterocycles. The van der Waals surface area contributed by atoms with Crippen LogP contribution in [0, 0.1) is 0 Å². The van der Waals surface area contributed by atoms with Gasteiger partial charge in [0, 0.05) is 17.8 Å². The van der Waals surface area contributed by atoms with Crippen molar-refractivity contribution in [3.8, 4) is 11.5 Å². The Morgan fingerprint density at radius 2 is 1.92 bits per heavy atom. The van der Waals surface area contributed by atoms with E-state index < -0.39 is 0 Å². The number of nitrogens with zero attached hydrogens (tertiary/aromatic N) is 1. The molecule has 5 heteroatoms. The topological polar surface area (TPSA) is 33.7 Å². The van der Waals surface area contributed by atoms with Gasteiger partial charge in [-0.05, 0) is 55.4 Å². The average Bonchev–Trinajstić information content (AvgIpc) is 3.11. The van der Waals surface area contributed by atoms with Crippen LogP contribution in [0.4, 0.5) is 5.69 Å². The van der Waals surface area contributed by atoms with Gasteiger partial charge < -0.3 is 19.7 Å². The van der Waals surface area contributed by atoms with Crippen molar-refractivity contribution in [3.63, 3.8) is 0 Å². The lowest BCUT2D eigenvalue weighted by atomic mass is 10.0. The van der Waals surface area contributed by atoms with Crippen molar-refractivity contribution in [1.29, 1.82) is 0 Å². The van der Waals surface area contributed by atoms with Crippen molar-refractivity contribution in [3.05, 3.63) is 54.1 Å². The van der Waals surface area contributed by atoms with Crippen molar-refractivity contribution in [2.24, 2.45) is 0 Å². The van der Waals surface area contributed by atoms with Crippen LogP contribution in [0.3, 0.4) is 0 Å². The number of para-hydroxylation sites is 1. The minimum absolute atomic E-state index is 0.193. The molecule has 0 aliphatic carbocycles. The summed E-state index contributed by atoms with van der Waals surface area (Å²) in [6.07, 6.45) is 2.14. The smallest absolute Gasteiger partial charge is 0.173 e. The Morgan fingerprint density at radius 3 is 2.62 bits per heavy atom. The third-order valence-electron chi connectivity index (χ3n) is 4.33. The average molecular weight is 342 g/mol. The normalized spacial score (nSPS) is 16.8. The van der Waals surface area contributed by atoms with Gasteiger partial charge in [-0.15, -0.1) is 0 Å². The van der Waals surface area contributed by atoms with Crippen LogP contribution in [0.15, 0.2) is 48.5 Å². The van der Waals surface area contributed by atoms with Crippen LogP contribution in [-0.4, -0.2) is 30.8 Å². The van der Waals surface area contributed by atoms with Crippen molar-refractivity contribution in [2.45, 2.75) is 18.9 Å². The van der Waals surface area contributed by atoms with E-state index in [0.29, 0.717) is 0 Å². The van der Waals surface area contributed by atoms with E-state index >= 15 is 0 Å². The highest BCUT2D eigenvalue weighted by atomic mass is 32.1. The van der Waals surface area contributed by atoms with Gasteiger partial charge in [-0.2, -0.15) is 0 Å². The zero-order chi connectivity index (χ0) is 16.9. The second kappa shape index (κ2) is 7.53. The van der Waals surface area contributed by atoms with Crippen LogP contribution in [0.25, 0.3) is 0 Å². The lowest BCUT2D eigenvalue weighted by Gasteiger charge is -2.29. The zero-order valence-electron chi connectivity index (χ0n) is 14.0. The third-order valence-corrected chi connectivity index (χ3v) is 4.67. The molecule has 1 atom stereocenters. The van der Waals surface area contributed by atoms with E-state index in [0.717, 1.165) is 47.2 Å². The SMILES string of the molecule is COc1ccc(OC)c([C@H]2CCCN2C(=S)Nc2ccccc2)c1. The van der Waals surface area contributed by atoms with Crippen LogP contribution in [0.2, 0.25) is 0 Å². The maximum absolute atomic E-state index is 5.66. The van der Waals surface area contributed by atoms with E-state index in [-0.39, 0.29) is 6.04 Å². The molecule has 1 saturated heterocycles. The van der Waals surface area contributed by atoms with E-state index in [1.54, 1.807) is 14.2 Å². The van der Waals surface area contributed by atoms with Crippen LogP contribution in [-0.2, 0) is 0 Å². The van der Waals surface area contributed by atoms with Crippen molar-refractivity contribution in [2.75, 3.05) is 26.1 Å². The molecule has 1 aliphatic heterocycles. The molecule has 1 fully saturated rings. The number of anilines is 1. The lowest BCUT2D eigenvalue weighted by Crippen LogP contribution is -2.34. The number of thiocarbonyl (C=S) groups is 1. The van der Waals surface area contributed by atoms with Gasteiger partial charge in [-0.3, -0.25) is 0 Å². The molecule has 126 valence electrons. The quantitative estimate of drug-likeness (QED) is 0.841. The summed E-state index contributed by atoms with van der Waals surface area (Å²) >= 11 is 5.66. The summed E-state index contributed by atoms with van der Waals surface area (Å²) in [4.78, 5) is 2.24. The van der Waals surface area contributed by atoms with Gasteiger partial charge in [-0.25, -0.2) is 0 Å². The van der Waals surface area contributed by atoms with Gasteiger partial charge in [0.1, 0.15) is 11.5 Å². The predicted molar refractivity (Wildman–Crippen MR) is 101 cm³/mol. The molecule has 0 spiro atoms. The van der Waals surface area contributed by atoms with Gasteiger partial charge in [-0.1, -0.05) is 18.2 Å². The Hall–Kier alpha value is -2.27. The first-order chi connectivity index (χ1) is 11.7. The number of ether oxygens (including phenoxy) is 2. The van der Waals surface area contributed by atoms with Gasteiger partial charge in [0.05, 0.1) is 20.3 Å². The van der Waals surface area contributed by atoms with Crippen LogP contribution in [0.5, 0.6) is 11.5 Å². The molecule has 24 heavy (non-hydrogen) atoms. The standard InChI is InChI=1S/C19H22N2O2S/c1-22-15-10-11-18(23-2)16(13-15)17-9-6-12-21(17)19(24)20-14-7-4-3-5-8-14/h3-5,7-8,10-11,13,17H,6,9,12H2,1-2H3,(H,20,24)/t17-/m1/s1.